The van der Waals surface area contributed by atoms with Crippen molar-refractivity contribution in [2.24, 2.45) is 4.99 Å². The molecule has 9 heteroatoms. The number of aliphatic imine (C=N–C) groups is 1. The van der Waals surface area contributed by atoms with Gasteiger partial charge in [0, 0.05) is 12.3 Å². The highest BCUT2D eigenvalue weighted by molar-refractivity contribution is 7.39. The first-order chi connectivity index (χ1) is 16.0. The van der Waals surface area contributed by atoms with Gasteiger partial charge in [0.2, 0.25) is 0 Å². The van der Waals surface area contributed by atoms with E-state index < -0.39 is 17.6 Å². The topological polar surface area (TPSA) is 104 Å². The number of fused-ring (bicyclic) bond motifs is 1. The lowest BCUT2D eigenvalue weighted by Crippen LogP contribution is -2.21. The largest absolute Gasteiger partial charge is 0.472 e. The van der Waals surface area contributed by atoms with E-state index in [0.29, 0.717) is 28.7 Å². The van der Waals surface area contributed by atoms with Crippen molar-refractivity contribution in [1.29, 1.82) is 0 Å². The van der Waals surface area contributed by atoms with Gasteiger partial charge in [0.25, 0.3) is 0 Å². The van der Waals surface area contributed by atoms with Gasteiger partial charge in [0.15, 0.2) is 5.64 Å². The smallest absolute Gasteiger partial charge is 0.351 e. The van der Waals surface area contributed by atoms with Crippen molar-refractivity contribution in [3.05, 3.63) is 75.6 Å². The Morgan fingerprint density at radius 2 is 1.71 bits per heavy atom. The third-order valence-corrected chi connectivity index (χ3v) is 4.72. The minimum Gasteiger partial charge on any atom is -0.472 e. The van der Waals surface area contributed by atoms with Crippen LogP contribution in [0.25, 0.3) is 11.0 Å². The molecule has 0 saturated carbocycles. The fraction of sp³-hybridized carbons (Fsp3) is 0.280. The molecule has 3 rings (SSSR count). The van der Waals surface area contributed by atoms with Gasteiger partial charge in [0.05, 0.1) is 6.54 Å². The molecule has 0 saturated heterocycles. The zero-order valence-electron chi connectivity index (χ0n) is 19.4. The number of hydrogen-bond acceptors (Lipinski definition) is 8. The van der Waals surface area contributed by atoms with Crippen molar-refractivity contribution >= 4 is 37.8 Å². The second kappa shape index (κ2) is 10.6. The van der Waals surface area contributed by atoms with E-state index in [4.69, 9.17) is 18.6 Å². The number of carbonyl (C=O) groups excluding carboxylic acids is 2. The van der Waals surface area contributed by atoms with Crippen LogP contribution in [0, 0.1) is 0 Å². The normalized spacial score (nSPS) is 11.9. The van der Waals surface area contributed by atoms with Gasteiger partial charge in [-0.1, -0.05) is 18.2 Å². The van der Waals surface area contributed by atoms with Gasteiger partial charge in [-0.2, -0.15) is 0 Å². The SMILES string of the molecule is CC(=O)OCc1ccc2oc(=O)c(C(=O)Oc3ccc(CN=C(P)OC(C)(C)C)cc3)cc2c1. The van der Waals surface area contributed by atoms with Crippen molar-refractivity contribution < 1.29 is 28.2 Å². The average molecular weight is 483 g/mol. The molecule has 0 amide bonds. The molecule has 0 radical (unpaired) electrons. The number of rotatable bonds is 6. The molecule has 2 aromatic carbocycles. The summed E-state index contributed by atoms with van der Waals surface area (Å²) in [6, 6.07) is 13.1. The molecule has 3 aromatic rings. The second-order valence-corrected chi connectivity index (χ2v) is 9.00. The summed E-state index contributed by atoms with van der Waals surface area (Å²) in [5.74, 6) is -0.968. The van der Waals surface area contributed by atoms with E-state index in [9.17, 15) is 14.4 Å². The molecular weight excluding hydrogens is 457 g/mol. The lowest BCUT2D eigenvalue weighted by Gasteiger charge is -2.20. The average Bonchev–Trinajstić information content (AvgIpc) is 2.75. The van der Waals surface area contributed by atoms with E-state index in [-0.39, 0.29) is 23.5 Å². The minimum absolute atomic E-state index is 0.0706. The molecule has 0 aliphatic rings. The minimum atomic E-state index is -0.836. The van der Waals surface area contributed by atoms with Crippen LogP contribution in [-0.2, 0) is 27.4 Å². The highest BCUT2D eigenvalue weighted by atomic mass is 31.0. The maximum absolute atomic E-state index is 12.6. The Kier molecular flexibility index (Phi) is 7.84. The van der Waals surface area contributed by atoms with E-state index in [0.717, 1.165) is 5.56 Å². The Bertz CT molecular complexity index is 1290. The van der Waals surface area contributed by atoms with E-state index in [1.54, 1.807) is 42.5 Å². The fourth-order valence-electron chi connectivity index (χ4n) is 2.93. The molecule has 0 fully saturated rings. The van der Waals surface area contributed by atoms with Gasteiger partial charge in [0.1, 0.15) is 29.1 Å². The summed E-state index contributed by atoms with van der Waals surface area (Å²) in [5.41, 5.74) is 1.01. The van der Waals surface area contributed by atoms with E-state index >= 15 is 0 Å². The van der Waals surface area contributed by atoms with E-state index in [1.165, 1.54) is 13.0 Å². The zero-order valence-corrected chi connectivity index (χ0v) is 20.6. The molecular formula is C25H26NO7P. The first-order valence-electron chi connectivity index (χ1n) is 10.5. The van der Waals surface area contributed by atoms with Crippen LogP contribution in [0.2, 0.25) is 0 Å². The number of benzene rings is 2. The van der Waals surface area contributed by atoms with Crippen LogP contribution < -0.4 is 10.4 Å². The van der Waals surface area contributed by atoms with Crippen molar-refractivity contribution in [3.8, 4) is 5.75 Å². The van der Waals surface area contributed by atoms with Crippen LogP contribution >= 0.6 is 9.24 Å². The third-order valence-electron chi connectivity index (χ3n) is 4.42. The second-order valence-electron chi connectivity index (χ2n) is 8.50. The van der Waals surface area contributed by atoms with E-state index in [2.05, 4.69) is 14.2 Å². The number of esters is 2. The van der Waals surface area contributed by atoms with Crippen LogP contribution in [0.5, 0.6) is 5.75 Å². The Labute approximate surface area is 199 Å². The summed E-state index contributed by atoms with van der Waals surface area (Å²) >= 11 is 0. The maximum Gasteiger partial charge on any atom is 0.351 e. The molecule has 0 bridgehead atoms. The highest BCUT2D eigenvalue weighted by Crippen LogP contribution is 2.19. The van der Waals surface area contributed by atoms with Crippen LogP contribution in [-0.4, -0.2) is 23.2 Å². The predicted octanol–water partition coefficient (Wildman–Crippen LogP) is 4.62. The molecule has 0 aliphatic carbocycles. The molecule has 0 aliphatic heterocycles. The molecule has 1 unspecified atom stereocenters. The maximum atomic E-state index is 12.6. The monoisotopic (exact) mass is 483 g/mol. The number of carbonyl (C=O) groups is 2. The van der Waals surface area contributed by atoms with Crippen LogP contribution in [0.3, 0.4) is 0 Å². The summed E-state index contributed by atoms with van der Waals surface area (Å²) in [4.78, 5) is 40.3. The first kappa shape index (κ1) is 25.1. The summed E-state index contributed by atoms with van der Waals surface area (Å²) in [6.45, 7) is 7.60. The fourth-order valence-corrected chi connectivity index (χ4v) is 3.37. The van der Waals surface area contributed by atoms with Gasteiger partial charge < -0.3 is 18.6 Å². The molecule has 1 atom stereocenters. The van der Waals surface area contributed by atoms with Gasteiger partial charge in [-0.25, -0.2) is 14.6 Å². The van der Waals surface area contributed by atoms with Gasteiger partial charge >= 0.3 is 17.6 Å². The summed E-state index contributed by atoms with van der Waals surface area (Å²) in [5, 5.41) is 0.509. The zero-order chi connectivity index (χ0) is 24.9. The Hall–Kier alpha value is -3.51. The molecule has 0 spiro atoms. The lowest BCUT2D eigenvalue weighted by atomic mass is 10.1. The summed E-state index contributed by atoms with van der Waals surface area (Å²) < 4.78 is 21.2. The molecule has 8 nitrogen and oxygen atoms in total. The predicted molar refractivity (Wildman–Crippen MR) is 131 cm³/mol. The summed E-state index contributed by atoms with van der Waals surface area (Å²) in [6.07, 6.45) is 0. The van der Waals surface area contributed by atoms with Crippen molar-refractivity contribution in [2.45, 2.75) is 46.4 Å². The molecule has 34 heavy (non-hydrogen) atoms. The van der Waals surface area contributed by atoms with E-state index in [1.807, 2.05) is 20.8 Å². The molecule has 0 N–H and O–H groups in total. The van der Waals surface area contributed by atoms with Crippen LogP contribution in [0.4, 0.5) is 0 Å². The Morgan fingerprint density at radius 3 is 2.35 bits per heavy atom. The quantitative estimate of drug-likeness (QED) is 0.126. The Morgan fingerprint density at radius 1 is 1.03 bits per heavy atom. The molecule has 1 aromatic heterocycles. The van der Waals surface area contributed by atoms with Gasteiger partial charge in [-0.15, -0.1) is 0 Å². The molecule has 178 valence electrons. The van der Waals surface area contributed by atoms with Crippen molar-refractivity contribution in [2.75, 3.05) is 0 Å². The molecule has 1 heterocycles. The van der Waals surface area contributed by atoms with Crippen LogP contribution in [0.15, 0.2) is 62.7 Å². The number of ether oxygens (including phenoxy) is 3. The third kappa shape index (κ3) is 7.25. The first-order valence-corrected chi connectivity index (χ1v) is 11.1. The summed E-state index contributed by atoms with van der Waals surface area (Å²) in [7, 11) is 2.46. The van der Waals surface area contributed by atoms with Crippen LogP contribution in [0.1, 0.15) is 49.2 Å². The highest BCUT2D eigenvalue weighted by Gasteiger charge is 2.17. The van der Waals surface area contributed by atoms with Gasteiger partial charge in [-0.05, 0) is 71.5 Å². The van der Waals surface area contributed by atoms with Crippen molar-refractivity contribution in [3.63, 3.8) is 0 Å². The van der Waals surface area contributed by atoms with Crippen molar-refractivity contribution in [1.82, 2.24) is 0 Å². The van der Waals surface area contributed by atoms with Gasteiger partial charge in [-0.3, -0.25) is 4.79 Å². The standard InChI is InChI=1S/C25H26NO7P/c1-15(27)30-14-17-7-10-21-18(11-17)12-20(23(29)32-21)22(28)31-19-8-5-16(6-9-19)13-26-24(34)33-25(2,3)4/h5-12H,13-14,34H2,1-4H3. The number of hydrogen-bond donors (Lipinski definition) is 0. The number of nitrogens with zero attached hydrogens (tertiary/aromatic N) is 1. The Balaban J connectivity index is 1.71. The lowest BCUT2D eigenvalue weighted by molar-refractivity contribution is -0.142.